The van der Waals surface area contributed by atoms with Gasteiger partial charge >= 0.3 is 0 Å². The normalized spacial score (nSPS) is 10.8. The van der Waals surface area contributed by atoms with Crippen molar-refractivity contribution in [2.24, 2.45) is 0 Å². The van der Waals surface area contributed by atoms with E-state index in [1.165, 1.54) is 11.3 Å². The summed E-state index contributed by atoms with van der Waals surface area (Å²) >= 11 is 13.5. The highest BCUT2D eigenvalue weighted by Gasteiger charge is 2.13. The van der Waals surface area contributed by atoms with Crippen LogP contribution in [0.15, 0.2) is 58.4 Å². The van der Waals surface area contributed by atoms with Crippen molar-refractivity contribution in [2.75, 3.05) is 12.4 Å². The Labute approximate surface area is 169 Å². The smallest absolute Gasteiger partial charge is 0.187 e. The third-order valence-electron chi connectivity index (χ3n) is 3.82. The summed E-state index contributed by atoms with van der Waals surface area (Å²) in [6, 6.07) is 14.8. The van der Waals surface area contributed by atoms with E-state index in [9.17, 15) is 0 Å². The lowest BCUT2D eigenvalue weighted by Crippen LogP contribution is -1.90. The number of methoxy groups -OCH3 is 1. The molecule has 0 amide bonds. The Morgan fingerprint density at radius 3 is 2.56 bits per heavy atom. The van der Waals surface area contributed by atoms with Gasteiger partial charge in [-0.05, 0) is 36.4 Å². The van der Waals surface area contributed by atoms with Gasteiger partial charge in [0.15, 0.2) is 10.9 Å². The van der Waals surface area contributed by atoms with Crippen LogP contribution in [0.2, 0.25) is 10.0 Å². The van der Waals surface area contributed by atoms with Gasteiger partial charge in [-0.3, -0.25) is 0 Å². The third-order valence-corrected chi connectivity index (χ3v) is 5.32. The monoisotopic (exact) mass is 417 g/mol. The van der Waals surface area contributed by atoms with Crippen LogP contribution in [-0.2, 0) is 0 Å². The highest BCUT2D eigenvalue weighted by Crippen LogP contribution is 2.32. The maximum Gasteiger partial charge on any atom is 0.187 e. The zero-order chi connectivity index (χ0) is 18.8. The van der Waals surface area contributed by atoms with Crippen molar-refractivity contribution in [2.45, 2.75) is 0 Å². The largest absolute Gasteiger partial charge is 0.497 e. The predicted octanol–water partition coefficient (Wildman–Crippen LogP) is 6.52. The quantitative estimate of drug-likeness (QED) is 0.400. The van der Waals surface area contributed by atoms with Gasteiger partial charge in [-0.15, -0.1) is 11.3 Å². The second-order valence-corrected chi connectivity index (χ2v) is 7.27. The molecule has 4 aromatic rings. The zero-order valence-corrected chi connectivity index (χ0v) is 16.4. The fourth-order valence-corrected chi connectivity index (χ4v) is 3.45. The summed E-state index contributed by atoms with van der Waals surface area (Å²) < 4.78 is 10.6. The van der Waals surface area contributed by atoms with Gasteiger partial charge in [0, 0.05) is 22.7 Å². The van der Waals surface area contributed by atoms with E-state index in [-0.39, 0.29) is 0 Å². The molecule has 0 saturated heterocycles. The maximum atomic E-state index is 6.07. The summed E-state index contributed by atoms with van der Waals surface area (Å²) in [6.45, 7) is 0. The lowest BCUT2D eigenvalue weighted by atomic mass is 10.1. The number of aromatic nitrogens is 2. The van der Waals surface area contributed by atoms with Crippen LogP contribution in [0.1, 0.15) is 0 Å². The fraction of sp³-hybridized carbons (Fsp3) is 0.0526. The number of rotatable bonds is 5. The number of ether oxygens (including phenoxy) is 1. The third kappa shape index (κ3) is 3.93. The van der Waals surface area contributed by atoms with Crippen LogP contribution in [-0.4, -0.2) is 17.3 Å². The van der Waals surface area contributed by atoms with E-state index >= 15 is 0 Å². The molecule has 0 atom stereocenters. The molecule has 0 aliphatic rings. The van der Waals surface area contributed by atoms with Crippen LogP contribution in [0.5, 0.6) is 5.75 Å². The molecule has 2 aromatic heterocycles. The van der Waals surface area contributed by atoms with Gasteiger partial charge in [0.1, 0.15) is 17.1 Å². The number of thiazole rings is 1. The number of hydrogen-bond donors (Lipinski definition) is 1. The molecule has 0 fully saturated rings. The van der Waals surface area contributed by atoms with Gasteiger partial charge in [0.25, 0.3) is 0 Å². The lowest BCUT2D eigenvalue weighted by molar-refractivity contribution is 0.415. The minimum atomic E-state index is 0.471. The van der Waals surface area contributed by atoms with Crippen LogP contribution >= 0.6 is 34.5 Å². The van der Waals surface area contributed by atoms with Gasteiger partial charge in [-0.1, -0.05) is 34.4 Å². The van der Waals surface area contributed by atoms with E-state index in [0.29, 0.717) is 27.2 Å². The van der Waals surface area contributed by atoms with Crippen LogP contribution in [0, 0.1) is 0 Å². The van der Waals surface area contributed by atoms with E-state index < -0.39 is 0 Å². The van der Waals surface area contributed by atoms with Crippen molar-refractivity contribution in [3.8, 4) is 28.5 Å². The Hall–Kier alpha value is -2.54. The molecule has 0 spiro atoms. The van der Waals surface area contributed by atoms with Crippen molar-refractivity contribution in [3.05, 3.63) is 64.0 Å². The summed E-state index contributed by atoms with van der Waals surface area (Å²) in [5.41, 5.74) is 3.12. The molecule has 4 rings (SSSR count). The lowest BCUT2D eigenvalue weighted by Gasteiger charge is -2.03. The zero-order valence-electron chi connectivity index (χ0n) is 14.1. The van der Waals surface area contributed by atoms with Crippen LogP contribution in [0.3, 0.4) is 0 Å². The minimum Gasteiger partial charge on any atom is -0.497 e. The highest BCUT2D eigenvalue weighted by molar-refractivity contribution is 7.14. The van der Waals surface area contributed by atoms with E-state index in [1.54, 1.807) is 19.2 Å². The van der Waals surface area contributed by atoms with Crippen molar-refractivity contribution in [3.63, 3.8) is 0 Å². The van der Waals surface area contributed by atoms with Gasteiger partial charge < -0.3 is 14.6 Å². The molecule has 0 saturated carbocycles. The second-order valence-electron chi connectivity index (χ2n) is 5.60. The molecule has 8 heteroatoms. The molecule has 0 bridgehead atoms. The van der Waals surface area contributed by atoms with Crippen molar-refractivity contribution < 1.29 is 9.26 Å². The van der Waals surface area contributed by atoms with Crippen molar-refractivity contribution >= 4 is 45.4 Å². The summed E-state index contributed by atoms with van der Waals surface area (Å²) in [5.74, 6) is 1.38. The van der Waals surface area contributed by atoms with Gasteiger partial charge in [0.2, 0.25) is 0 Å². The van der Waals surface area contributed by atoms with Gasteiger partial charge in [-0.2, -0.15) is 0 Å². The van der Waals surface area contributed by atoms with Crippen molar-refractivity contribution in [1.29, 1.82) is 0 Å². The Morgan fingerprint density at radius 1 is 1.00 bits per heavy atom. The predicted molar refractivity (Wildman–Crippen MR) is 109 cm³/mol. The van der Waals surface area contributed by atoms with Crippen molar-refractivity contribution in [1.82, 2.24) is 10.1 Å². The molecular formula is C19H13Cl2N3O2S. The first-order valence-corrected chi connectivity index (χ1v) is 9.55. The molecule has 0 unspecified atom stereocenters. The number of halogens is 2. The van der Waals surface area contributed by atoms with E-state index in [1.807, 2.05) is 41.8 Å². The number of nitrogens with zero attached hydrogens (tertiary/aromatic N) is 2. The highest BCUT2D eigenvalue weighted by atomic mass is 35.5. The average Bonchev–Trinajstić information content (AvgIpc) is 3.34. The SMILES string of the molecule is COc1ccc(Nc2nc(-c3cc(-c4ccc(Cl)c(Cl)c4)no3)cs2)cc1. The molecule has 2 aromatic carbocycles. The average molecular weight is 418 g/mol. The Balaban J connectivity index is 1.53. The van der Waals surface area contributed by atoms with Crippen LogP contribution < -0.4 is 10.1 Å². The molecule has 0 aliphatic carbocycles. The molecule has 5 nitrogen and oxygen atoms in total. The first-order chi connectivity index (χ1) is 13.1. The number of nitrogens with one attached hydrogen (secondary N) is 1. The number of anilines is 2. The topological polar surface area (TPSA) is 60.2 Å². The molecule has 136 valence electrons. The van der Waals surface area contributed by atoms with E-state index in [2.05, 4.69) is 15.5 Å². The second kappa shape index (κ2) is 7.60. The molecule has 0 aliphatic heterocycles. The van der Waals surface area contributed by atoms with Gasteiger partial charge in [0.05, 0.1) is 17.2 Å². The molecule has 1 N–H and O–H groups in total. The molecule has 27 heavy (non-hydrogen) atoms. The van der Waals surface area contributed by atoms with E-state index in [4.69, 9.17) is 32.5 Å². The Bertz CT molecular complexity index is 1080. The first kappa shape index (κ1) is 17.9. The number of hydrogen-bond acceptors (Lipinski definition) is 6. The minimum absolute atomic E-state index is 0.471. The summed E-state index contributed by atoms with van der Waals surface area (Å²) in [7, 11) is 1.64. The Kier molecular flexibility index (Phi) is 5.03. The maximum absolute atomic E-state index is 6.07. The summed E-state index contributed by atoms with van der Waals surface area (Å²) in [5, 5.41) is 11.0. The molecule has 0 radical (unpaired) electrons. The standard InChI is InChI=1S/C19H13Cl2N3O2S/c1-25-13-5-3-12(4-6-13)22-19-23-17(10-27-19)18-9-16(24-26-18)11-2-7-14(20)15(21)8-11/h2-10H,1H3,(H,22,23). The van der Waals surface area contributed by atoms with E-state index in [0.717, 1.165) is 22.1 Å². The Morgan fingerprint density at radius 2 is 1.81 bits per heavy atom. The molecular weight excluding hydrogens is 405 g/mol. The molecule has 2 heterocycles. The summed E-state index contributed by atoms with van der Waals surface area (Å²) in [6.07, 6.45) is 0. The van der Waals surface area contributed by atoms with Gasteiger partial charge in [-0.25, -0.2) is 4.98 Å². The first-order valence-electron chi connectivity index (χ1n) is 7.91. The number of benzene rings is 2. The van der Waals surface area contributed by atoms with Crippen LogP contribution in [0.4, 0.5) is 10.8 Å². The fourth-order valence-electron chi connectivity index (χ4n) is 2.43. The summed E-state index contributed by atoms with van der Waals surface area (Å²) in [4.78, 5) is 4.55. The van der Waals surface area contributed by atoms with Crippen LogP contribution in [0.25, 0.3) is 22.7 Å².